The highest BCUT2D eigenvalue weighted by atomic mass is 19.3. The van der Waals surface area contributed by atoms with Gasteiger partial charge in [0, 0.05) is 0 Å². The molecular formula is C6H9F3. The Kier molecular flexibility index (Phi) is 1.10. The van der Waals surface area contributed by atoms with Crippen LogP contribution in [0.4, 0.5) is 13.2 Å². The average Bonchev–Trinajstić information content (AvgIpc) is 2.08. The number of alkyl halides is 3. The molecule has 1 saturated carbocycles. The van der Waals surface area contributed by atoms with Crippen molar-refractivity contribution in [1.82, 2.24) is 0 Å². The van der Waals surface area contributed by atoms with Crippen molar-refractivity contribution in [3.63, 3.8) is 0 Å². The highest BCUT2D eigenvalue weighted by Crippen LogP contribution is 2.59. The zero-order valence-electron chi connectivity index (χ0n) is 5.42. The predicted molar refractivity (Wildman–Crippen MR) is 28.2 cm³/mol. The second kappa shape index (κ2) is 1.44. The maximum absolute atomic E-state index is 12.7. The van der Waals surface area contributed by atoms with Gasteiger partial charge in [-0.15, -0.1) is 0 Å². The number of halogens is 3. The summed E-state index contributed by atoms with van der Waals surface area (Å²) >= 11 is 0. The molecule has 1 aliphatic rings. The minimum absolute atomic E-state index is 0.563. The van der Waals surface area contributed by atoms with E-state index in [0.29, 0.717) is 0 Å². The molecule has 1 unspecified atom stereocenters. The highest BCUT2D eigenvalue weighted by molar-refractivity contribution is 5.13. The summed E-state index contributed by atoms with van der Waals surface area (Å²) in [6, 6.07) is 0. The van der Waals surface area contributed by atoms with Gasteiger partial charge in [0.2, 0.25) is 0 Å². The highest BCUT2D eigenvalue weighted by Gasteiger charge is 2.74. The van der Waals surface area contributed by atoms with Crippen LogP contribution in [0, 0.1) is 5.92 Å². The monoisotopic (exact) mass is 138 g/mol. The standard InChI is InChI=1S/C6H9F3/c1-4(2)5(7)3-6(5,8)9/h4H,3H2,1-2H3. The van der Waals surface area contributed by atoms with E-state index in [1.54, 1.807) is 0 Å². The summed E-state index contributed by atoms with van der Waals surface area (Å²) < 4.78 is 36.8. The van der Waals surface area contributed by atoms with Gasteiger partial charge in [0.15, 0.2) is 5.67 Å². The average molecular weight is 138 g/mol. The molecule has 1 aliphatic carbocycles. The summed E-state index contributed by atoms with van der Waals surface area (Å²) in [4.78, 5) is 0. The molecule has 9 heavy (non-hydrogen) atoms. The summed E-state index contributed by atoms with van der Waals surface area (Å²) in [6.45, 7) is 2.95. The molecule has 54 valence electrons. The second-order valence-corrected chi connectivity index (χ2v) is 2.90. The van der Waals surface area contributed by atoms with Crippen molar-refractivity contribution < 1.29 is 13.2 Å². The Hall–Kier alpha value is -0.210. The molecule has 0 amide bonds. The van der Waals surface area contributed by atoms with Gasteiger partial charge in [0.1, 0.15) is 0 Å². The van der Waals surface area contributed by atoms with Gasteiger partial charge in [0.05, 0.1) is 6.42 Å². The van der Waals surface area contributed by atoms with Crippen molar-refractivity contribution in [3.8, 4) is 0 Å². The molecule has 0 heterocycles. The molecule has 3 heteroatoms. The van der Waals surface area contributed by atoms with Crippen LogP contribution in [-0.4, -0.2) is 11.6 Å². The summed E-state index contributed by atoms with van der Waals surface area (Å²) in [6.07, 6.45) is -0.586. The van der Waals surface area contributed by atoms with Crippen LogP contribution in [0.15, 0.2) is 0 Å². The molecule has 0 nitrogen and oxygen atoms in total. The van der Waals surface area contributed by atoms with E-state index in [-0.39, 0.29) is 0 Å². The molecule has 1 atom stereocenters. The predicted octanol–water partition coefficient (Wildman–Crippen LogP) is 2.39. The number of hydrogen-bond acceptors (Lipinski definition) is 0. The fourth-order valence-corrected chi connectivity index (χ4v) is 0.905. The lowest BCUT2D eigenvalue weighted by molar-refractivity contribution is 0.0222. The summed E-state index contributed by atoms with van der Waals surface area (Å²) in [7, 11) is 0. The van der Waals surface area contributed by atoms with Crippen molar-refractivity contribution in [2.75, 3.05) is 0 Å². The molecule has 0 N–H and O–H groups in total. The molecular weight excluding hydrogens is 129 g/mol. The Bertz CT molecular complexity index is 130. The van der Waals surface area contributed by atoms with Crippen LogP contribution in [0.1, 0.15) is 20.3 Å². The molecule has 0 bridgehead atoms. The largest absolute Gasteiger partial charge is 0.285 e. The third-order valence-electron chi connectivity index (χ3n) is 1.88. The number of hydrogen-bond donors (Lipinski definition) is 0. The maximum Gasteiger partial charge on any atom is 0.285 e. The Balaban J connectivity index is 2.63. The van der Waals surface area contributed by atoms with E-state index < -0.39 is 23.9 Å². The lowest BCUT2D eigenvalue weighted by Gasteiger charge is -2.08. The van der Waals surface area contributed by atoms with Crippen LogP contribution >= 0.6 is 0 Å². The molecule has 0 aromatic heterocycles. The first-order chi connectivity index (χ1) is 3.90. The van der Waals surface area contributed by atoms with Crippen molar-refractivity contribution in [2.45, 2.75) is 31.9 Å². The molecule has 0 radical (unpaired) electrons. The first-order valence-electron chi connectivity index (χ1n) is 2.97. The Morgan fingerprint density at radius 3 is 1.56 bits per heavy atom. The molecule has 1 rings (SSSR count). The van der Waals surface area contributed by atoms with E-state index in [0.717, 1.165) is 0 Å². The first-order valence-corrected chi connectivity index (χ1v) is 2.97. The number of rotatable bonds is 1. The van der Waals surface area contributed by atoms with Crippen LogP contribution in [0.5, 0.6) is 0 Å². The van der Waals surface area contributed by atoms with Crippen LogP contribution in [0.3, 0.4) is 0 Å². The Morgan fingerprint density at radius 1 is 1.22 bits per heavy atom. The summed E-state index contributed by atoms with van der Waals surface area (Å²) in [5, 5.41) is 0. The van der Waals surface area contributed by atoms with Crippen LogP contribution in [0.25, 0.3) is 0 Å². The quantitative estimate of drug-likeness (QED) is 0.522. The lowest BCUT2D eigenvalue weighted by Crippen LogP contribution is -2.19. The smallest absolute Gasteiger partial charge is 0.237 e. The fourth-order valence-electron chi connectivity index (χ4n) is 0.905. The molecule has 0 spiro atoms. The van der Waals surface area contributed by atoms with E-state index >= 15 is 0 Å². The van der Waals surface area contributed by atoms with Gasteiger partial charge < -0.3 is 0 Å². The van der Waals surface area contributed by atoms with E-state index in [1.165, 1.54) is 13.8 Å². The zero-order chi connectivity index (χ0) is 7.28. The van der Waals surface area contributed by atoms with Gasteiger partial charge >= 0.3 is 0 Å². The van der Waals surface area contributed by atoms with Gasteiger partial charge in [-0.25, -0.2) is 13.2 Å². The third kappa shape index (κ3) is 0.740. The topological polar surface area (TPSA) is 0 Å². The van der Waals surface area contributed by atoms with Crippen LogP contribution in [-0.2, 0) is 0 Å². The molecule has 0 saturated heterocycles. The van der Waals surface area contributed by atoms with Gasteiger partial charge in [-0.2, -0.15) is 0 Å². The second-order valence-electron chi connectivity index (χ2n) is 2.90. The van der Waals surface area contributed by atoms with Crippen molar-refractivity contribution in [1.29, 1.82) is 0 Å². The van der Waals surface area contributed by atoms with Gasteiger partial charge in [-0.05, 0) is 5.92 Å². The Morgan fingerprint density at radius 2 is 1.56 bits per heavy atom. The SMILES string of the molecule is CC(C)C1(F)CC1(F)F. The lowest BCUT2D eigenvalue weighted by atomic mass is 10.1. The summed E-state index contributed by atoms with van der Waals surface area (Å²) in [5.41, 5.74) is -2.19. The van der Waals surface area contributed by atoms with Crippen LogP contribution < -0.4 is 0 Å². The summed E-state index contributed by atoms with van der Waals surface area (Å²) in [5.74, 6) is -3.60. The molecule has 0 aromatic carbocycles. The molecule has 1 fully saturated rings. The van der Waals surface area contributed by atoms with Crippen molar-refractivity contribution >= 4 is 0 Å². The van der Waals surface area contributed by atoms with Gasteiger partial charge in [0.25, 0.3) is 5.92 Å². The zero-order valence-corrected chi connectivity index (χ0v) is 5.42. The normalized spacial score (nSPS) is 39.3. The Labute approximate surface area is 52.1 Å². The van der Waals surface area contributed by atoms with Crippen LogP contribution in [0.2, 0.25) is 0 Å². The molecule has 0 aliphatic heterocycles. The van der Waals surface area contributed by atoms with E-state index in [1.807, 2.05) is 0 Å². The van der Waals surface area contributed by atoms with Crippen molar-refractivity contribution in [3.05, 3.63) is 0 Å². The molecule has 0 aromatic rings. The van der Waals surface area contributed by atoms with Gasteiger partial charge in [-0.1, -0.05) is 13.8 Å². The third-order valence-corrected chi connectivity index (χ3v) is 1.88. The van der Waals surface area contributed by atoms with E-state index in [4.69, 9.17) is 0 Å². The van der Waals surface area contributed by atoms with E-state index in [9.17, 15) is 13.2 Å². The van der Waals surface area contributed by atoms with Crippen molar-refractivity contribution in [2.24, 2.45) is 5.92 Å². The van der Waals surface area contributed by atoms with E-state index in [2.05, 4.69) is 0 Å². The minimum Gasteiger partial charge on any atom is -0.237 e. The minimum atomic E-state index is -3.04. The van der Waals surface area contributed by atoms with Gasteiger partial charge in [-0.3, -0.25) is 0 Å². The fraction of sp³-hybridized carbons (Fsp3) is 1.00. The first kappa shape index (κ1) is 6.90. The maximum atomic E-state index is 12.7.